The van der Waals surface area contributed by atoms with E-state index in [1.54, 1.807) is 0 Å². The highest BCUT2D eigenvalue weighted by Crippen LogP contribution is 2.24. The molecule has 0 radical (unpaired) electrons. The van der Waals surface area contributed by atoms with E-state index in [4.69, 9.17) is 4.74 Å². The largest absolute Gasteiger partial charge is 0.475 e. The molecule has 0 aromatic heterocycles. The van der Waals surface area contributed by atoms with Crippen LogP contribution in [0.15, 0.2) is 12.1 Å². The van der Waals surface area contributed by atoms with Crippen molar-refractivity contribution in [1.29, 1.82) is 0 Å². The number of nitrogens with one attached hydrogen (secondary N) is 2. The molecule has 1 amide bonds. The van der Waals surface area contributed by atoms with E-state index in [1.807, 2.05) is 6.92 Å². The van der Waals surface area contributed by atoms with Crippen molar-refractivity contribution in [3.05, 3.63) is 29.3 Å². The minimum absolute atomic E-state index is 0.371. The lowest BCUT2D eigenvalue weighted by molar-refractivity contribution is -0.126. The predicted molar refractivity (Wildman–Crippen MR) is 67.9 cm³/mol. The number of carbonyl (C=O) groups excluding carboxylic acids is 1. The van der Waals surface area contributed by atoms with Crippen LogP contribution in [0.25, 0.3) is 0 Å². The Labute approximate surface area is 111 Å². The molecule has 0 saturated carbocycles. The van der Waals surface area contributed by atoms with Crippen LogP contribution in [0.1, 0.15) is 19.4 Å². The molecule has 2 N–H and O–H groups in total. The fourth-order valence-corrected chi connectivity index (χ4v) is 1.53. The van der Waals surface area contributed by atoms with E-state index in [1.165, 1.54) is 26.1 Å². The Balaban J connectivity index is 2.87. The summed E-state index contributed by atoms with van der Waals surface area (Å²) in [6, 6.07) is 2.38. The topological polar surface area (TPSA) is 50.4 Å². The molecule has 0 aliphatic rings. The van der Waals surface area contributed by atoms with Gasteiger partial charge < -0.3 is 15.4 Å². The summed E-state index contributed by atoms with van der Waals surface area (Å²) in [5, 5.41) is 5.31. The molecule has 19 heavy (non-hydrogen) atoms. The van der Waals surface area contributed by atoms with E-state index in [2.05, 4.69) is 10.6 Å². The van der Waals surface area contributed by atoms with E-state index < -0.39 is 29.4 Å². The Morgan fingerprint density at radius 3 is 2.42 bits per heavy atom. The number of benzene rings is 1. The fraction of sp³-hybridized carbons (Fsp3) is 0.462. The van der Waals surface area contributed by atoms with Gasteiger partial charge >= 0.3 is 0 Å². The Morgan fingerprint density at radius 2 is 1.95 bits per heavy atom. The average Bonchev–Trinajstić information content (AvgIpc) is 2.39. The maximum absolute atomic E-state index is 13.7. The van der Waals surface area contributed by atoms with Gasteiger partial charge in [0.05, 0.1) is 0 Å². The number of hydrogen-bond acceptors (Lipinski definition) is 3. The van der Waals surface area contributed by atoms with E-state index in [0.717, 1.165) is 0 Å². The number of likely N-dealkylation sites (N-methyl/N-ethyl adjacent to an activating group) is 1. The summed E-state index contributed by atoms with van der Waals surface area (Å²) in [5.41, 5.74) is 0.483. The number of amides is 1. The SMILES string of the molecule is CCNCc1cc(F)c(OC(C)C(=O)NC)c(F)c1. The maximum atomic E-state index is 13.7. The van der Waals surface area contributed by atoms with Gasteiger partial charge in [-0.15, -0.1) is 0 Å². The van der Waals surface area contributed by atoms with Crippen molar-refractivity contribution in [3.63, 3.8) is 0 Å². The third kappa shape index (κ3) is 4.17. The smallest absolute Gasteiger partial charge is 0.260 e. The van der Waals surface area contributed by atoms with Crippen LogP contribution in [0.3, 0.4) is 0 Å². The van der Waals surface area contributed by atoms with Crippen LogP contribution in [-0.4, -0.2) is 25.6 Å². The third-order valence-corrected chi connectivity index (χ3v) is 2.55. The van der Waals surface area contributed by atoms with Crippen LogP contribution in [0, 0.1) is 11.6 Å². The summed E-state index contributed by atoms with van der Waals surface area (Å²) in [5.74, 6) is -2.61. The van der Waals surface area contributed by atoms with Crippen molar-refractivity contribution >= 4 is 5.91 Å². The first kappa shape index (κ1) is 15.4. The van der Waals surface area contributed by atoms with Crippen molar-refractivity contribution in [2.45, 2.75) is 26.5 Å². The molecule has 1 unspecified atom stereocenters. The second kappa shape index (κ2) is 7.04. The summed E-state index contributed by atoms with van der Waals surface area (Å²) in [7, 11) is 1.43. The Hall–Kier alpha value is -1.69. The van der Waals surface area contributed by atoms with Crippen molar-refractivity contribution < 1.29 is 18.3 Å². The van der Waals surface area contributed by atoms with E-state index in [-0.39, 0.29) is 0 Å². The van der Waals surface area contributed by atoms with Gasteiger partial charge in [0.15, 0.2) is 23.5 Å². The van der Waals surface area contributed by atoms with Crippen molar-refractivity contribution in [2.75, 3.05) is 13.6 Å². The second-order valence-corrected chi connectivity index (χ2v) is 4.04. The van der Waals surface area contributed by atoms with Crippen molar-refractivity contribution in [1.82, 2.24) is 10.6 Å². The zero-order chi connectivity index (χ0) is 14.4. The Bertz CT molecular complexity index is 429. The van der Waals surface area contributed by atoms with E-state index in [0.29, 0.717) is 18.7 Å². The number of ether oxygens (including phenoxy) is 1. The lowest BCUT2D eigenvalue weighted by Crippen LogP contribution is -2.34. The first-order valence-electron chi connectivity index (χ1n) is 6.06. The zero-order valence-electron chi connectivity index (χ0n) is 11.2. The van der Waals surface area contributed by atoms with Crippen LogP contribution in [-0.2, 0) is 11.3 Å². The Morgan fingerprint density at radius 1 is 1.37 bits per heavy atom. The normalized spacial score (nSPS) is 12.1. The lowest BCUT2D eigenvalue weighted by Gasteiger charge is -2.15. The zero-order valence-corrected chi connectivity index (χ0v) is 11.2. The molecule has 0 saturated heterocycles. The predicted octanol–water partition coefficient (Wildman–Crippen LogP) is 1.59. The van der Waals surface area contributed by atoms with Gasteiger partial charge in [-0.1, -0.05) is 6.92 Å². The highest BCUT2D eigenvalue weighted by atomic mass is 19.1. The van der Waals surface area contributed by atoms with Crippen LogP contribution in [0.5, 0.6) is 5.75 Å². The standard InChI is InChI=1S/C13H18F2N2O2/c1-4-17-7-9-5-10(14)12(11(15)6-9)19-8(2)13(18)16-3/h5-6,8,17H,4,7H2,1-3H3,(H,16,18). The minimum atomic E-state index is -0.964. The van der Waals surface area contributed by atoms with Gasteiger partial charge in [0.25, 0.3) is 5.91 Å². The second-order valence-electron chi connectivity index (χ2n) is 4.04. The van der Waals surface area contributed by atoms with Gasteiger partial charge in [-0.3, -0.25) is 4.79 Å². The summed E-state index contributed by atoms with van der Waals surface area (Å²) in [4.78, 5) is 11.3. The molecule has 1 rings (SSSR count). The average molecular weight is 272 g/mol. The molecule has 0 heterocycles. The first-order valence-corrected chi connectivity index (χ1v) is 6.06. The molecule has 0 aliphatic heterocycles. The lowest BCUT2D eigenvalue weighted by atomic mass is 10.2. The fourth-order valence-electron chi connectivity index (χ4n) is 1.53. The molecule has 106 valence electrons. The van der Waals surface area contributed by atoms with Crippen LogP contribution < -0.4 is 15.4 Å². The van der Waals surface area contributed by atoms with E-state index in [9.17, 15) is 13.6 Å². The van der Waals surface area contributed by atoms with Gasteiger partial charge in [0, 0.05) is 13.6 Å². The monoisotopic (exact) mass is 272 g/mol. The molecule has 1 aromatic carbocycles. The maximum Gasteiger partial charge on any atom is 0.260 e. The molecular formula is C13H18F2N2O2. The van der Waals surface area contributed by atoms with Crippen molar-refractivity contribution in [2.24, 2.45) is 0 Å². The van der Waals surface area contributed by atoms with Crippen LogP contribution in [0.4, 0.5) is 8.78 Å². The molecule has 1 atom stereocenters. The highest BCUT2D eigenvalue weighted by Gasteiger charge is 2.19. The third-order valence-electron chi connectivity index (χ3n) is 2.55. The molecule has 1 aromatic rings. The number of rotatable bonds is 6. The quantitative estimate of drug-likeness (QED) is 0.827. The number of halogens is 2. The molecule has 0 aliphatic carbocycles. The molecule has 0 bridgehead atoms. The van der Waals surface area contributed by atoms with Crippen LogP contribution >= 0.6 is 0 Å². The number of hydrogen-bond donors (Lipinski definition) is 2. The summed E-state index contributed by atoms with van der Waals surface area (Å²) < 4.78 is 32.5. The molecule has 6 heteroatoms. The van der Waals surface area contributed by atoms with E-state index >= 15 is 0 Å². The molecule has 4 nitrogen and oxygen atoms in total. The van der Waals surface area contributed by atoms with Gasteiger partial charge in [-0.25, -0.2) is 8.78 Å². The van der Waals surface area contributed by atoms with Gasteiger partial charge in [0.1, 0.15) is 0 Å². The summed E-state index contributed by atoms with van der Waals surface area (Å²) in [6.07, 6.45) is -0.964. The Kier molecular flexibility index (Phi) is 5.69. The molecule has 0 fully saturated rings. The number of carbonyl (C=O) groups is 1. The van der Waals surface area contributed by atoms with Crippen molar-refractivity contribution in [3.8, 4) is 5.75 Å². The van der Waals surface area contributed by atoms with Gasteiger partial charge in [-0.2, -0.15) is 0 Å². The summed E-state index contributed by atoms with van der Waals surface area (Å²) >= 11 is 0. The highest BCUT2D eigenvalue weighted by molar-refractivity contribution is 5.80. The molecule has 0 spiro atoms. The van der Waals surface area contributed by atoms with Gasteiger partial charge in [-0.05, 0) is 31.2 Å². The molecular weight excluding hydrogens is 254 g/mol. The first-order chi connectivity index (χ1) is 8.99. The minimum Gasteiger partial charge on any atom is -0.475 e. The van der Waals surface area contributed by atoms with Crippen LogP contribution in [0.2, 0.25) is 0 Å². The van der Waals surface area contributed by atoms with Gasteiger partial charge in [0.2, 0.25) is 0 Å². The summed E-state index contributed by atoms with van der Waals surface area (Å²) in [6.45, 7) is 4.39.